The number of anilines is 2. The fourth-order valence-electron chi connectivity index (χ4n) is 2.84. The van der Waals surface area contributed by atoms with E-state index in [1.54, 1.807) is 17.1 Å². The number of nitrogens with one attached hydrogen (secondary N) is 2. The summed E-state index contributed by atoms with van der Waals surface area (Å²) in [4.78, 5) is 8.88. The van der Waals surface area contributed by atoms with Gasteiger partial charge in [0.05, 0.1) is 11.7 Å². The Balaban J connectivity index is 1.40. The van der Waals surface area contributed by atoms with Crippen molar-refractivity contribution in [3.05, 3.63) is 79.4 Å². The highest BCUT2D eigenvalue weighted by molar-refractivity contribution is 5.78. The summed E-state index contributed by atoms with van der Waals surface area (Å²) >= 11 is 0. The normalized spacial score (nSPS) is 11.0. The summed E-state index contributed by atoms with van der Waals surface area (Å²) in [5, 5.41) is 15.6. The van der Waals surface area contributed by atoms with Crippen LogP contribution in [0, 0.1) is 6.07 Å². The molecule has 2 N–H and O–H groups in total. The average Bonchev–Trinajstić information content (AvgIpc) is 3.39. The summed E-state index contributed by atoms with van der Waals surface area (Å²) in [5.41, 5.74) is 3.96. The second-order valence-electron chi connectivity index (χ2n) is 5.99. The molecule has 0 amide bonds. The molecular formula is C20H14N7. The maximum atomic E-state index is 4.56. The maximum absolute atomic E-state index is 4.56. The molecule has 0 aliphatic heterocycles. The third-order valence-corrected chi connectivity index (χ3v) is 4.19. The summed E-state index contributed by atoms with van der Waals surface area (Å²) in [6, 6.07) is 18.6. The van der Waals surface area contributed by atoms with Crippen LogP contribution in [0.2, 0.25) is 0 Å². The number of aromatic amines is 1. The van der Waals surface area contributed by atoms with Crippen molar-refractivity contribution in [1.29, 1.82) is 0 Å². The van der Waals surface area contributed by atoms with E-state index in [2.05, 4.69) is 36.6 Å². The van der Waals surface area contributed by atoms with Gasteiger partial charge in [0.25, 0.3) is 5.95 Å². The van der Waals surface area contributed by atoms with Gasteiger partial charge < -0.3 is 5.32 Å². The number of nitrogens with zero attached hydrogens (tertiary/aromatic N) is 5. The largest absolute Gasteiger partial charge is 0.340 e. The van der Waals surface area contributed by atoms with Gasteiger partial charge in [0.15, 0.2) is 0 Å². The predicted molar refractivity (Wildman–Crippen MR) is 103 cm³/mol. The molecule has 0 aliphatic carbocycles. The number of hydrogen-bond donors (Lipinski definition) is 2. The first kappa shape index (κ1) is 15.3. The predicted octanol–water partition coefficient (Wildman–Crippen LogP) is 3.75. The highest BCUT2D eigenvalue weighted by Gasteiger charge is 2.06. The highest BCUT2D eigenvalue weighted by atomic mass is 15.3. The molecule has 0 saturated heterocycles. The van der Waals surface area contributed by atoms with Gasteiger partial charge in [0.1, 0.15) is 5.82 Å². The fraction of sp³-hybridized carbons (Fsp3) is 0. The Bertz CT molecular complexity index is 1160. The number of rotatable bonds is 4. The molecule has 7 nitrogen and oxygen atoms in total. The van der Waals surface area contributed by atoms with Crippen molar-refractivity contribution in [3.63, 3.8) is 0 Å². The molecule has 0 aliphatic rings. The van der Waals surface area contributed by atoms with Crippen molar-refractivity contribution in [1.82, 2.24) is 29.9 Å². The van der Waals surface area contributed by atoms with Gasteiger partial charge in [-0.3, -0.25) is 5.10 Å². The lowest BCUT2D eigenvalue weighted by Gasteiger charge is -2.07. The van der Waals surface area contributed by atoms with E-state index >= 15 is 0 Å². The molecule has 5 rings (SSSR count). The molecule has 3 heterocycles. The topological polar surface area (TPSA) is 84.3 Å². The van der Waals surface area contributed by atoms with E-state index in [1.165, 1.54) is 0 Å². The van der Waals surface area contributed by atoms with Crippen LogP contribution in [-0.4, -0.2) is 29.9 Å². The zero-order valence-corrected chi connectivity index (χ0v) is 14.2. The second-order valence-corrected chi connectivity index (χ2v) is 5.99. The Hall–Kier alpha value is -4.00. The third kappa shape index (κ3) is 3.02. The molecular weight excluding hydrogens is 338 g/mol. The number of fused-ring (bicyclic) bond motifs is 1. The first-order valence-electron chi connectivity index (χ1n) is 8.40. The SMILES string of the molecule is [c]1ccc2nn(-c3nccc(Nc4ccc(-c5cn[nH]c5)cc4)n3)cc2c1. The molecule has 0 bridgehead atoms. The van der Waals surface area contributed by atoms with E-state index in [0.29, 0.717) is 11.8 Å². The maximum Gasteiger partial charge on any atom is 0.252 e. The lowest BCUT2D eigenvalue weighted by Crippen LogP contribution is -2.03. The Kier molecular flexibility index (Phi) is 3.61. The van der Waals surface area contributed by atoms with Gasteiger partial charge in [0.2, 0.25) is 0 Å². The molecule has 27 heavy (non-hydrogen) atoms. The summed E-state index contributed by atoms with van der Waals surface area (Å²) in [6.45, 7) is 0. The summed E-state index contributed by atoms with van der Waals surface area (Å²) in [7, 11) is 0. The smallest absolute Gasteiger partial charge is 0.252 e. The van der Waals surface area contributed by atoms with Gasteiger partial charge >= 0.3 is 0 Å². The van der Waals surface area contributed by atoms with Gasteiger partial charge in [-0.1, -0.05) is 18.2 Å². The van der Waals surface area contributed by atoms with Crippen molar-refractivity contribution >= 4 is 22.4 Å². The molecule has 0 saturated carbocycles. The van der Waals surface area contributed by atoms with E-state index < -0.39 is 0 Å². The quantitative estimate of drug-likeness (QED) is 0.515. The zero-order valence-electron chi connectivity index (χ0n) is 14.2. The first-order chi connectivity index (χ1) is 13.3. The Labute approximate surface area is 154 Å². The summed E-state index contributed by atoms with van der Waals surface area (Å²) in [6.07, 6.45) is 7.27. The molecule has 2 aromatic carbocycles. The summed E-state index contributed by atoms with van der Waals surface area (Å²) < 4.78 is 1.67. The average molecular weight is 352 g/mol. The van der Waals surface area contributed by atoms with E-state index in [0.717, 1.165) is 27.7 Å². The standard InChI is InChI=1S/C20H14N7/c1-2-4-18-15(3-1)13-27(26-18)20-21-10-9-19(25-20)24-17-7-5-14(6-8-17)16-11-22-23-12-16/h2-13H,(H,22,23)(H,21,24,25). The van der Waals surface area contributed by atoms with Crippen LogP contribution in [0.4, 0.5) is 11.5 Å². The lowest BCUT2D eigenvalue weighted by atomic mass is 10.1. The number of hydrogen-bond acceptors (Lipinski definition) is 5. The molecule has 0 spiro atoms. The van der Waals surface area contributed by atoms with Crippen LogP contribution in [0.3, 0.4) is 0 Å². The number of benzene rings is 2. The Morgan fingerprint density at radius 3 is 2.78 bits per heavy atom. The second kappa shape index (κ2) is 6.38. The van der Waals surface area contributed by atoms with Crippen LogP contribution in [0.15, 0.2) is 73.3 Å². The van der Waals surface area contributed by atoms with Crippen molar-refractivity contribution < 1.29 is 0 Å². The van der Waals surface area contributed by atoms with Crippen LogP contribution in [-0.2, 0) is 0 Å². The van der Waals surface area contributed by atoms with Crippen LogP contribution in [0.1, 0.15) is 0 Å². The van der Waals surface area contributed by atoms with Gasteiger partial charge in [-0.25, -0.2) is 9.67 Å². The molecule has 0 unspecified atom stereocenters. The molecule has 1 radical (unpaired) electrons. The van der Waals surface area contributed by atoms with E-state index in [9.17, 15) is 0 Å². The van der Waals surface area contributed by atoms with Gasteiger partial charge in [-0.05, 0) is 42.0 Å². The van der Waals surface area contributed by atoms with Crippen LogP contribution < -0.4 is 5.32 Å². The zero-order chi connectivity index (χ0) is 18.1. The minimum absolute atomic E-state index is 0.506. The molecule has 129 valence electrons. The van der Waals surface area contributed by atoms with Gasteiger partial charge in [-0.15, -0.1) is 0 Å². The van der Waals surface area contributed by atoms with E-state index in [4.69, 9.17) is 0 Å². The minimum Gasteiger partial charge on any atom is -0.340 e. The summed E-state index contributed by atoms with van der Waals surface area (Å²) in [5.74, 6) is 1.20. The van der Waals surface area contributed by atoms with Crippen LogP contribution in [0.5, 0.6) is 0 Å². The van der Waals surface area contributed by atoms with Crippen molar-refractivity contribution in [3.8, 4) is 17.1 Å². The molecule has 0 atom stereocenters. The van der Waals surface area contributed by atoms with Crippen molar-refractivity contribution in [2.75, 3.05) is 5.32 Å². The number of H-pyrrole nitrogens is 1. The van der Waals surface area contributed by atoms with Gasteiger partial charge in [0, 0.05) is 35.2 Å². The van der Waals surface area contributed by atoms with E-state index in [1.807, 2.05) is 60.9 Å². The fourth-order valence-corrected chi connectivity index (χ4v) is 2.84. The Morgan fingerprint density at radius 2 is 1.96 bits per heavy atom. The number of aromatic nitrogens is 6. The van der Waals surface area contributed by atoms with Crippen LogP contribution in [0.25, 0.3) is 28.0 Å². The van der Waals surface area contributed by atoms with E-state index in [-0.39, 0.29) is 0 Å². The van der Waals surface area contributed by atoms with Crippen LogP contribution >= 0.6 is 0 Å². The molecule has 0 fully saturated rings. The highest BCUT2D eigenvalue weighted by Crippen LogP contribution is 2.22. The third-order valence-electron chi connectivity index (χ3n) is 4.19. The Morgan fingerprint density at radius 1 is 1.04 bits per heavy atom. The molecule has 5 aromatic rings. The van der Waals surface area contributed by atoms with Gasteiger partial charge in [-0.2, -0.15) is 15.2 Å². The monoisotopic (exact) mass is 352 g/mol. The first-order valence-corrected chi connectivity index (χ1v) is 8.40. The van der Waals surface area contributed by atoms with Crippen molar-refractivity contribution in [2.24, 2.45) is 0 Å². The van der Waals surface area contributed by atoms with Crippen molar-refractivity contribution in [2.45, 2.75) is 0 Å². The lowest BCUT2D eigenvalue weighted by molar-refractivity contribution is 0.821. The minimum atomic E-state index is 0.506. The molecule has 7 heteroatoms. The molecule has 3 aromatic heterocycles.